The second-order valence-electron chi connectivity index (χ2n) is 4.57. The lowest BCUT2D eigenvalue weighted by Crippen LogP contribution is -2.03. The van der Waals surface area contributed by atoms with Crippen molar-refractivity contribution in [1.82, 2.24) is 14.8 Å². The molecular formula is C13H17ClN4. The summed E-state index contributed by atoms with van der Waals surface area (Å²) in [6.45, 7) is 4.99. The average molecular weight is 265 g/mol. The Kier molecular flexibility index (Phi) is 3.87. The topological polar surface area (TPSA) is 42.7 Å². The van der Waals surface area contributed by atoms with E-state index in [1.165, 1.54) is 5.56 Å². The summed E-state index contributed by atoms with van der Waals surface area (Å²) in [5, 5.41) is 8.23. The molecule has 2 aromatic heterocycles. The van der Waals surface area contributed by atoms with Gasteiger partial charge in [0.2, 0.25) is 0 Å². The van der Waals surface area contributed by atoms with E-state index in [4.69, 9.17) is 11.6 Å². The lowest BCUT2D eigenvalue weighted by molar-refractivity contribution is 0.712. The van der Waals surface area contributed by atoms with Gasteiger partial charge in [-0.2, -0.15) is 5.10 Å². The highest BCUT2D eigenvalue weighted by molar-refractivity contribution is 6.29. The van der Waals surface area contributed by atoms with E-state index in [9.17, 15) is 0 Å². The minimum Gasteiger partial charge on any atom is -0.366 e. The first-order valence-corrected chi connectivity index (χ1v) is 6.33. The fraction of sp³-hybridized carbons (Fsp3) is 0.385. The molecule has 0 atom stereocenters. The van der Waals surface area contributed by atoms with Crippen molar-refractivity contribution in [3.63, 3.8) is 0 Å². The minimum atomic E-state index is 0.412. The summed E-state index contributed by atoms with van der Waals surface area (Å²) in [4.78, 5) is 4.20. The first kappa shape index (κ1) is 12.9. The summed E-state index contributed by atoms with van der Waals surface area (Å²) < 4.78 is 1.84. The zero-order valence-electron chi connectivity index (χ0n) is 10.8. The van der Waals surface area contributed by atoms with Crippen LogP contribution in [0.15, 0.2) is 24.4 Å². The van der Waals surface area contributed by atoms with Crippen LogP contribution in [0.25, 0.3) is 0 Å². The summed E-state index contributed by atoms with van der Waals surface area (Å²) in [5.74, 6) is 1.19. The van der Waals surface area contributed by atoms with Crippen molar-refractivity contribution in [1.29, 1.82) is 0 Å². The number of halogens is 1. The fourth-order valence-electron chi connectivity index (χ4n) is 1.87. The number of nitrogens with zero attached hydrogens (tertiary/aromatic N) is 3. The Balaban J connectivity index is 2.10. The van der Waals surface area contributed by atoms with Crippen molar-refractivity contribution in [3.8, 4) is 0 Å². The molecule has 0 aromatic carbocycles. The van der Waals surface area contributed by atoms with Gasteiger partial charge in [0.05, 0.1) is 5.69 Å². The van der Waals surface area contributed by atoms with Crippen LogP contribution >= 0.6 is 11.6 Å². The summed E-state index contributed by atoms with van der Waals surface area (Å²) in [6, 6.07) is 5.54. The monoisotopic (exact) mass is 264 g/mol. The maximum Gasteiger partial charge on any atom is 0.131 e. The first-order valence-electron chi connectivity index (χ1n) is 5.95. The maximum absolute atomic E-state index is 5.84. The van der Waals surface area contributed by atoms with Crippen LogP contribution in [0.2, 0.25) is 5.15 Å². The number of rotatable bonds is 4. The molecule has 0 saturated heterocycles. The van der Waals surface area contributed by atoms with E-state index in [1.807, 2.05) is 30.1 Å². The molecule has 2 aromatic rings. The van der Waals surface area contributed by atoms with Crippen molar-refractivity contribution in [2.24, 2.45) is 7.05 Å². The molecule has 4 nitrogen and oxygen atoms in total. The lowest BCUT2D eigenvalue weighted by atomic mass is 10.1. The molecule has 0 aliphatic rings. The molecule has 96 valence electrons. The Morgan fingerprint density at radius 3 is 2.83 bits per heavy atom. The van der Waals surface area contributed by atoms with Gasteiger partial charge in [0.1, 0.15) is 11.0 Å². The molecule has 0 aliphatic carbocycles. The van der Waals surface area contributed by atoms with Crippen molar-refractivity contribution in [2.75, 3.05) is 5.32 Å². The molecule has 0 spiro atoms. The molecule has 0 aliphatic heterocycles. The van der Waals surface area contributed by atoms with Gasteiger partial charge in [-0.15, -0.1) is 0 Å². The molecule has 2 rings (SSSR count). The Bertz CT molecular complexity index is 534. The predicted octanol–water partition coefficient (Wildman–Crippen LogP) is 3.20. The summed E-state index contributed by atoms with van der Waals surface area (Å²) in [5.41, 5.74) is 2.31. The first-order chi connectivity index (χ1) is 8.56. The van der Waals surface area contributed by atoms with Gasteiger partial charge in [0, 0.05) is 25.4 Å². The smallest absolute Gasteiger partial charge is 0.131 e. The standard InChI is InChI=1S/C13H17ClN4/c1-9(2)13-10(8-18(3)17-13)7-15-12-6-4-5-11(14)16-12/h4-6,8-9H,7H2,1-3H3,(H,15,16). The van der Waals surface area contributed by atoms with Crippen LogP contribution in [-0.2, 0) is 13.6 Å². The number of hydrogen-bond donors (Lipinski definition) is 1. The molecule has 0 fully saturated rings. The van der Waals surface area contributed by atoms with Gasteiger partial charge >= 0.3 is 0 Å². The molecule has 5 heteroatoms. The van der Waals surface area contributed by atoms with Crippen LogP contribution in [0.3, 0.4) is 0 Å². The fourth-order valence-corrected chi connectivity index (χ4v) is 2.03. The van der Waals surface area contributed by atoms with Gasteiger partial charge in [0.25, 0.3) is 0 Å². The highest BCUT2D eigenvalue weighted by Crippen LogP contribution is 2.18. The van der Waals surface area contributed by atoms with Crippen molar-refractivity contribution < 1.29 is 0 Å². The van der Waals surface area contributed by atoms with E-state index in [0.717, 1.165) is 11.5 Å². The quantitative estimate of drug-likeness (QED) is 0.863. The molecule has 0 bridgehead atoms. The number of pyridine rings is 1. The van der Waals surface area contributed by atoms with Gasteiger partial charge < -0.3 is 5.32 Å². The predicted molar refractivity (Wildman–Crippen MR) is 73.9 cm³/mol. The second-order valence-corrected chi connectivity index (χ2v) is 4.95. The summed E-state index contributed by atoms with van der Waals surface area (Å²) in [7, 11) is 1.94. The Morgan fingerprint density at radius 1 is 1.39 bits per heavy atom. The summed E-state index contributed by atoms with van der Waals surface area (Å²) >= 11 is 5.84. The number of nitrogens with one attached hydrogen (secondary N) is 1. The third kappa shape index (κ3) is 3.01. The molecule has 18 heavy (non-hydrogen) atoms. The van der Waals surface area contributed by atoms with Crippen LogP contribution in [0.5, 0.6) is 0 Å². The molecule has 1 N–H and O–H groups in total. The molecular weight excluding hydrogens is 248 g/mol. The minimum absolute atomic E-state index is 0.412. The molecule has 0 unspecified atom stereocenters. The molecule has 2 heterocycles. The molecule has 0 saturated carbocycles. The van der Waals surface area contributed by atoms with Crippen LogP contribution in [0.1, 0.15) is 31.0 Å². The second kappa shape index (κ2) is 5.40. The summed E-state index contributed by atoms with van der Waals surface area (Å²) in [6.07, 6.45) is 2.03. The van der Waals surface area contributed by atoms with E-state index < -0.39 is 0 Å². The number of hydrogen-bond acceptors (Lipinski definition) is 3. The van der Waals surface area contributed by atoms with E-state index in [0.29, 0.717) is 17.6 Å². The Morgan fingerprint density at radius 2 is 2.17 bits per heavy atom. The van der Waals surface area contributed by atoms with Gasteiger partial charge in [-0.1, -0.05) is 31.5 Å². The third-order valence-electron chi connectivity index (χ3n) is 2.66. The van der Waals surface area contributed by atoms with Gasteiger partial charge in [-0.25, -0.2) is 4.98 Å². The normalized spacial score (nSPS) is 10.9. The average Bonchev–Trinajstić information content (AvgIpc) is 2.68. The van der Waals surface area contributed by atoms with E-state index in [-0.39, 0.29) is 0 Å². The van der Waals surface area contributed by atoms with Crippen molar-refractivity contribution in [3.05, 3.63) is 40.8 Å². The highest BCUT2D eigenvalue weighted by atomic mass is 35.5. The SMILES string of the molecule is CC(C)c1nn(C)cc1CNc1cccc(Cl)n1. The van der Waals surface area contributed by atoms with Crippen LogP contribution in [-0.4, -0.2) is 14.8 Å². The van der Waals surface area contributed by atoms with Crippen molar-refractivity contribution in [2.45, 2.75) is 26.3 Å². The number of aromatic nitrogens is 3. The van der Waals surface area contributed by atoms with Gasteiger partial charge in [-0.3, -0.25) is 4.68 Å². The zero-order chi connectivity index (χ0) is 13.1. The molecule has 0 amide bonds. The van der Waals surface area contributed by atoms with Gasteiger partial charge in [-0.05, 0) is 18.1 Å². The largest absolute Gasteiger partial charge is 0.366 e. The number of aryl methyl sites for hydroxylation is 1. The lowest BCUT2D eigenvalue weighted by Gasteiger charge is -2.07. The Labute approximate surface area is 112 Å². The third-order valence-corrected chi connectivity index (χ3v) is 2.87. The van der Waals surface area contributed by atoms with Crippen LogP contribution in [0, 0.1) is 0 Å². The highest BCUT2D eigenvalue weighted by Gasteiger charge is 2.11. The van der Waals surface area contributed by atoms with E-state index >= 15 is 0 Å². The Hall–Kier alpha value is -1.55. The van der Waals surface area contributed by atoms with Crippen LogP contribution < -0.4 is 5.32 Å². The number of anilines is 1. The maximum atomic E-state index is 5.84. The van der Waals surface area contributed by atoms with Gasteiger partial charge in [0.15, 0.2) is 0 Å². The van der Waals surface area contributed by atoms with Crippen molar-refractivity contribution >= 4 is 17.4 Å². The zero-order valence-corrected chi connectivity index (χ0v) is 11.6. The van der Waals surface area contributed by atoms with E-state index in [2.05, 4.69) is 29.2 Å². The van der Waals surface area contributed by atoms with Crippen LogP contribution in [0.4, 0.5) is 5.82 Å². The van der Waals surface area contributed by atoms with E-state index in [1.54, 1.807) is 6.07 Å². The molecule has 0 radical (unpaired) electrons.